The van der Waals surface area contributed by atoms with Gasteiger partial charge in [-0.3, -0.25) is 4.79 Å². The Morgan fingerprint density at radius 3 is 2.41 bits per heavy atom. The predicted molar refractivity (Wildman–Crippen MR) is 79.7 cm³/mol. The number of para-hydroxylation sites is 1. The fraction of sp³-hybridized carbons (Fsp3) is 0.188. The fourth-order valence-electron chi connectivity index (χ4n) is 2.31. The van der Waals surface area contributed by atoms with Crippen LogP contribution in [-0.2, 0) is 11.0 Å². The third kappa shape index (κ3) is 3.11. The second-order valence-electron chi connectivity index (χ2n) is 4.97. The van der Waals surface area contributed by atoms with Gasteiger partial charge in [0.05, 0.1) is 11.3 Å². The summed E-state index contributed by atoms with van der Waals surface area (Å²) in [6.45, 7) is 0. The zero-order valence-corrected chi connectivity index (χ0v) is 12.2. The summed E-state index contributed by atoms with van der Waals surface area (Å²) in [5, 5.41) is 2.62. The SMILES string of the molecule is O=C1C[C@H](c2ccc(C(F)(F)F)cc2)Sc2ccccc2N1. The number of carbonyl (C=O) groups is 1. The normalized spacial score (nSPS) is 18.3. The number of benzene rings is 2. The zero-order valence-electron chi connectivity index (χ0n) is 11.4. The second-order valence-corrected chi connectivity index (χ2v) is 6.22. The first kappa shape index (κ1) is 15.0. The highest BCUT2D eigenvalue weighted by Gasteiger charge is 2.31. The molecular formula is C16H12F3NOS. The molecule has 1 N–H and O–H groups in total. The topological polar surface area (TPSA) is 29.1 Å². The van der Waals surface area contributed by atoms with Crippen LogP contribution in [0.4, 0.5) is 18.9 Å². The van der Waals surface area contributed by atoms with Gasteiger partial charge in [-0.15, -0.1) is 11.8 Å². The molecule has 0 spiro atoms. The molecule has 1 aliphatic heterocycles. The van der Waals surface area contributed by atoms with E-state index >= 15 is 0 Å². The van der Waals surface area contributed by atoms with Crippen LogP contribution in [0, 0.1) is 0 Å². The lowest BCUT2D eigenvalue weighted by Gasteiger charge is -2.15. The summed E-state index contributed by atoms with van der Waals surface area (Å²) in [4.78, 5) is 12.9. The number of fused-ring (bicyclic) bond motifs is 1. The maximum absolute atomic E-state index is 12.6. The molecule has 2 nitrogen and oxygen atoms in total. The highest BCUT2D eigenvalue weighted by Crippen LogP contribution is 2.43. The van der Waals surface area contributed by atoms with Crippen LogP contribution in [0.3, 0.4) is 0 Å². The number of amides is 1. The van der Waals surface area contributed by atoms with Crippen LogP contribution in [0.2, 0.25) is 0 Å². The summed E-state index contributed by atoms with van der Waals surface area (Å²) in [6.07, 6.45) is -4.12. The summed E-state index contributed by atoms with van der Waals surface area (Å²) < 4.78 is 37.8. The van der Waals surface area contributed by atoms with Crippen molar-refractivity contribution in [3.63, 3.8) is 0 Å². The van der Waals surface area contributed by atoms with Crippen molar-refractivity contribution in [3.8, 4) is 0 Å². The highest BCUT2D eigenvalue weighted by atomic mass is 32.2. The van der Waals surface area contributed by atoms with Gasteiger partial charge < -0.3 is 5.32 Å². The molecule has 1 aliphatic rings. The average Bonchev–Trinajstić information content (AvgIpc) is 2.64. The third-order valence-corrected chi connectivity index (χ3v) is 4.74. The smallest absolute Gasteiger partial charge is 0.325 e. The van der Waals surface area contributed by atoms with E-state index in [1.807, 2.05) is 24.3 Å². The molecule has 0 aliphatic carbocycles. The van der Waals surface area contributed by atoms with E-state index < -0.39 is 11.7 Å². The minimum Gasteiger partial charge on any atom is -0.325 e. The molecule has 0 bridgehead atoms. The lowest BCUT2D eigenvalue weighted by Crippen LogP contribution is -2.12. The Balaban J connectivity index is 1.90. The molecule has 1 heterocycles. The van der Waals surface area contributed by atoms with E-state index in [0.717, 1.165) is 22.7 Å². The maximum Gasteiger partial charge on any atom is 0.416 e. The van der Waals surface area contributed by atoms with Crippen molar-refractivity contribution in [3.05, 3.63) is 59.7 Å². The highest BCUT2D eigenvalue weighted by molar-refractivity contribution is 7.99. The van der Waals surface area contributed by atoms with E-state index in [1.54, 1.807) is 0 Å². The standard InChI is InChI=1S/C16H12F3NOS/c17-16(18,19)11-7-5-10(6-8-11)14-9-15(21)20-12-3-1-2-4-13(12)22-14/h1-8,14H,9H2,(H,20,21)/t14-/m1/s1. The molecule has 2 aromatic carbocycles. The van der Waals surface area contributed by atoms with Crippen molar-refractivity contribution in [2.45, 2.75) is 22.7 Å². The fourth-order valence-corrected chi connectivity index (χ4v) is 3.55. The van der Waals surface area contributed by atoms with Crippen LogP contribution in [-0.4, -0.2) is 5.91 Å². The Morgan fingerprint density at radius 2 is 1.73 bits per heavy atom. The van der Waals surface area contributed by atoms with Crippen molar-refractivity contribution < 1.29 is 18.0 Å². The molecule has 1 amide bonds. The van der Waals surface area contributed by atoms with Crippen LogP contribution in [0.1, 0.15) is 22.8 Å². The van der Waals surface area contributed by atoms with Crippen molar-refractivity contribution in [1.82, 2.24) is 0 Å². The van der Waals surface area contributed by atoms with Gasteiger partial charge in [-0.05, 0) is 29.8 Å². The van der Waals surface area contributed by atoms with E-state index in [-0.39, 0.29) is 17.6 Å². The lowest BCUT2D eigenvalue weighted by atomic mass is 10.1. The van der Waals surface area contributed by atoms with Crippen molar-refractivity contribution in [1.29, 1.82) is 0 Å². The van der Waals surface area contributed by atoms with E-state index in [2.05, 4.69) is 5.32 Å². The van der Waals surface area contributed by atoms with Gasteiger partial charge in [0.25, 0.3) is 0 Å². The largest absolute Gasteiger partial charge is 0.416 e. The molecule has 114 valence electrons. The van der Waals surface area contributed by atoms with Crippen molar-refractivity contribution >= 4 is 23.4 Å². The number of anilines is 1. The summed E-state index contributed by atoms with van der Waals surface area (Å²) >= 11 is 1.48. The summed E-state index contributed by atoms with van der Waals surface area (Å²) in [6, 6.07) is 12.4. The molecule has 0 unspecified atom stereocenters. The average molecular weight is 323 g/mol. The maximum atomic E-state index is 12.6. The van der Waals surface area contributed by atoms with Gasteiger partial charge in [-0.1, -0.05) is 24.3 Å². The molecule has 0 saturated heterocycles. The van der Waals surface area contributed by atoms with Gasteiger partial charge in [0.1, 0.15) is 0 Å². The Bertz CT molecular complexity index is 697. The first-order chi connectivity index (χ1) is 10.4. The lowest BCUT2D eigenvalue weighted by molar-refractivity contribution is -0.137. The number of hydrogen-bond acceptors (Lipinski definition) is 2. The molecule has 6 heteroatoms. The van der Waals surface area contributed by atoms with Gasteiger partial charge in [-0.2, -0.15) is 13.2 Å². The Morgan fingerprint density at radius 1 is 1.05 bits per heavy atom. The summed E-state index contributed by atoms with van der Waals surface area (Å²) in [7, 11) is 0. The van der Waals surface area contributed by atoms with Gasteiger partial charge in [-0.25, -0.2) is 0 Å². The minimum absolute atomic E-state index is 0.137. The monoisotopic (exact) mass is 323 g/mol. The van der Waals surface area contributed by atoms with Crippen molar-refractivity contribution in [2.24, 2.45) is 0 Å². The van der Waals surface area contributed by atoms with Gasteiger partial charge in [0.2, 0.25) is 5.91 Å². The van der Waals surface area contributed by atoms with Crippen LogP contribution < -0.4 is 5.32 Å². The first-order valence-electron chi connectivity index (χ1n) is 6.66. The number of thioether (sulfide) groups is 1. The number of hydrogen-bond donors (Lipinski definition) is 1. The molecule has 0 saturated carbocycles. The summed E-state index contributed by atoms with van der Waals surface area (Å²) in [5.41, 5.74) is 0.775. The molecule has 0 radical (unpaired) electrons. The van der Waals surface area contributed by atoms with Crippen LogP contribution >= 0.6 is 11.8 Å². The Kier molecular flexibility index (Phi) is 3.87. The summed E-state index contributed by atoms with van der Waals surface area (Å²) in [5.74, 6) is -0.137. The molecule has 0 fully saturated rings. The van der Waals surface area contributed by atoms with Crippen molar-refractivity contribution in [2.75, 3.05) is 5.32 Å². The van der Waals surface area contributed by atoms with Crippen LogP contribution in [0.25, 0.3) is 0 Å². The van der Waals surface area contributed by atoms with Gasteiger partial charge >= 0.3 is 6.18 Å². The van der Waals surface area contributed by atoms with Gasteiger partial charge in [0.15, 0.2) is 0 Å². The number of alkyl halides is 3. The Hall–Kier alpha value is -1.95. The molecular weight excluding hydrogens is 311 g/mol. The van der Waals surface area contributed by atoms with E-state index in [0.29, 0.717) is 5.56 Å². The van der Waals surface area contributed by atoms with E-state index in [1.165, 1.54) is 23.9 Å². The zero-order chi connectivity index (χ0) is 15.7. The third-order valence-electron chi connectivity index (χ3n) is 3.41. The first-order valence-corrected chi connectivity index (χ1v) is 7.54. The molecule has 2 aromatic rings. The number of carbonyl (C=O) groups excluding carboxylic acids is 1. The molecule has 3 rings (SSSR count). The molecule has 1 atom stereocenters. The predicted octanol–water partition coefficient (Wildman–Crippen LogP) is 4.88. The minimum atomic E-state index is -4.35. The van der Waals surface area contributed by atoms with Gasteiger partial charge in [0, 0.05) is 16.6 Å². The second kappa shape index (κ2) is 5.68. The van der Waals surface area contributed by atoms with E-state index in [9.17, 15) is 18.0 Å². The quantitative estimate of drug-likeness (QED) is 0.810. The number of halogens is 3. The van der Waals surface area contributed by atoms with Crippen LogP contribution in [0.5, 0.6) is 0 Å². The molecule has 22 heavy (non-hydrogen) atoms. The Labute approximate surface area is 129 Å². The number of nitrogens with one attached hydrogen (secondary N) is 1. The van der Waals surface area contributed by atoms with E-state index in [4.69, 9.17) is 0 Å². The molecule has 0 aromatic heterocycles. The van der Waals surface area contributed by atoms with Crippen LogP contribution in [0.15, 0.2) is 53.4 Å². The number of rotatable bonds is 1.